The largest absolute Gasteiger partial charge is 0.487 e. The molecule has 0 unspecified atom stereocenters. The number of aromatic nitrogens is 1. The van der Waals surface area contributed by atoms with Crippen LogP contribution < -0.4 is 10.5 Å². The minimum atomic E-state index is -4.60. The van der Waals surface area contributed by atoms with E-state index in [2.05, 4.69) is 4.98 Å². The van der Waals surface area contributed by atoms with Gasteiger partial charge in [0.25, 0.3) is 0 Å². The molecule has 4 rings (SSSR count). The van der Waals surface area contributed by atoms with E-state index in [0.29, 0.717) is 12.8 Å². The maximum absolute atomic E-state index is 13.6. The van der Waals surface area contributed by atoms with Crippen LogP contribution >= 0.6 is 23.2 Å². The van der Waals surface area contributed by atoms with Crippen molar-refractivity contribution in [3.8, 4) is 5.75 Å². The van der Waals surface area contributed by atoms with Crippen molar-refractivity contribution in [3.05, 3.63) is 63.3 Å². The number of rotatable bonds is 6. The van der Waals surface area contributed by atoms with E-state index in [1.54, 1.807) is 0 Å². The maximum Gasteiger partial charge on any atom is 0.417 e. The summed E-state index contributed by atoms with van der Waals surface area (Å²) in [4.78, 5) is 15.7. The first-order valence-corrected chi connectivity index (χ1v) is 12.9. The Bertz CT molecular complexity index is 1470. The van der Waals surface area contributed by atoms with Gasteiger partial charge in [0.2, 0.25) is 15.9 Å². The van der Waals surface area contributed by atoms with Crippen molar-refractivity contribution in [2.24, 2.45) is 5.73 Å². The van der Waals surface area contributed by atoms with Crippen molar-refractivity contribution in [2.45, 2.75) is 43.5 Å². The van der Waals surface area contributed by atoms with E-state index in [1.165, 1.54) is 37.3 Å². The summed E-state index contributed by atoms with van der Waals surface area (Å²) in [5.74, 6) is -0.725. The van der Waals surface area contributed by atoms with Crippen LogP contribution in [0.3, 0.4) is 0 Å². The number of hydrogen-bond acceptors (Lipinski definition) is 5. The number of ether oxygens (including phenoxy) is 1. The number of pyridine rings is 1. The number of fused-ring (bicyclic) bond motifs is 1. The van der Waals surface area contributed by atoms with Crippen LogP contribution in [0.1, 0.15) is 29.7 Å². The fourth-order valence-electron chi connectivity index (χ4n) is 4.20. The van der Waals surface area contributed by atoms with E-state index >= 15 is 0 Å². The molecule has 1 aromatic heterocycles. The molecule has 3 aromatic rings. The second-order valence-corrected chi connectivity index (χ2v) is 10.9. The summed E-state index contributed by atoms with van der Waals surface area (Å²) >= 11 is 12.7. The lowest BCUT2D eigenvalue weighted by molar-refractivity contribution is -0.136. The van der Waals surface area contributed by atoms with Gasteiger partial charge in [0.05, 0.1) is 10.6 Å². The number of alkyl halides is 3. The molecule has 1 amide bonds. The number of carbonyl (C=O) groups excluding carboxylic acids is 1. The first-order chi connectivity index (χ1) is 16.8. The highest BCUT2D eigenvalue weighted by molar-refractivity contribution is 7.89. The minimum Gasteiger partial charge on any atom is -0.487 e. The number of benzene rings is 2. The molecule has 0 aliphatic carbocycles. The Hall–Kier alpha value is -2.60. The van der Waals surface area contributed by atoms with Gasteiger partial charge in [0.1, 0.15) is 28.8 Å². The minimum absolute atomic E-state index is 0.0118. The number of halogens is 5. The number of primary amides is 1. The van der Waals surface area contributed by atoms with E-state index in [1.807, 2.05) is 0 Å². The van der Waals surface area contributed by atoms with E-state index in [0.717, 1.165) is 10.4 Å². The van der Waals surface area contributed by atoms with Gasteiger partial charge in [-0.15, -0.1) is 0 Å². The molecule has 0 saturated carbocycles. The fraction of sp³-hybridized carbons (Fsp3) is 0.304. The summed E-state index contributed by atoms with van der Waals surface area (Å²) in [6.45, 7) is 1.19. The van der Waals surface area contributed by atoms with Gasteiger partial charge in [0.15, 0.2) is 0 Å². The van der Waals surface area contributed by atoms with Crippen LogP contribution in [-0.4, -0.2) is 36.2 Å². The van der Waals surface area contributed by atoms with Crippen LogP contribution in [0.25, 0.3) is 10.9 Å². The number of hydrogen-bond donors (Lipinski definition) is 1. The molecule has 1 saturated heterocycles. The van der Waals surface area contributed by atoms with Crippen molar-refractivity contribution in [1.29, 1.82) is 0 Å². The third kappa shape index (κ3) is 4.84. The Balaban J connectivity index is 1.71. The zero-order valence-corrected chi connectivity index (χ0v) is 21.1. The molecule has 1 atom stereocenters. The average Bonchev–Trinajstić information content (AvgIpc) is 3.29. The lowest BCUT2D eigenvalue weighted by Crippen LogP contribution is -2.43. The van der Waals surface area contributed by atoms with Crippen LogP contribution in [0.5, 0.6) is 5.75 Å². The summed E-state index contributed by atoms with van der Waals surface area (Å²) in [7, 11) is -4.20. The fourth-order valence-corrected chi connectivity index (χ4v) is 6.73. The van der Waals surface area contributed by atoms with Crippen molar-refractivity contribution in [1.82, 2.24) is 9.29 Å². The van der Waals surface area contributed by atoms with Crippen LogP contribution in [0.4, 0.5) is 13.2 Å². The molecule has 13 heteroatoms. The van der Waals surface area contributed by atoms with Gasteiger partial charge < -0.3 is 10.5 Å². The molecule has 1 aliphatic rings. The summed E-state index contributed by atoms with van der Waals surface area (Å²) in [6, 6.07) is 6.63. The highest BCUT2D eigenvalue weighted by Gasteiger charge is 2.40. The number of amides is 1. The SMILES string of the molecule is Cc1cc(C(F)(F)F)c2cccc(OCc3c(Cl)ccc(S(=O)(=O)N4CCC[C@H]4C(N)=O)c3Cl)c2n1. The van der Waals surface area contributed by atoms with Crippen molar-refractivity contribution in [3.63, 3.8) is 0 Å². The maximum atomic E-state index is 13.6. The smallest absolute Gasteiger partial charge is 0.417 e. The molecule has 0 bridgehead atoms. The molecule has 192 valence electrons. The molecule has 1 aliphatic heterocycles. The van der Waals surface area contributed by atoms with E-state index < -0.39 is 33.7 Å². The quantitative estimate of drug-likeness (QED) is 0.451. The van der Waals surface area contributed by atoms with Gasteiger partial charge in [-0.25, -0.2) is 13.4 Å². The van der Waals surface area contributed by atoms with Crippen LogP contribution in [-0.2, 0) is 27.6 Å². The number of aryl methyl sites for hydroxylation is 1. The predicted molar refractivity (Wildman–Crippen MR) is 128 cm³/mol. The van der Waals surface area contributed by atoms with E-state index in [-0.39, 0.29) is 56.0 Å². The van der Waals surface area contributed by atoms with Gasteiger partial charge in [-0.2, -0.15) is 17.5 Å². The normalized spacial score (nSPS) is 17.0. The number of para-hydroxylation sites is 1. The number of carbonyl (C=O) groups is 1. The Morgan fingerprint density at radius 2 is 1.97 bits per heavy atom. The van der Waals surface area contributed by atoms with Crippen LogP contribution in [0.2, 0.25) is 10.0 Å². The lowest BCUT2D eigenvalue weighted by atomic mass is 10.1. The molecule has 0 radical (unpaired) electrons. The predicted octanol–water partition coefficient (Wildman–Crippen LogP) is 5.09. The Morgan fingerprint density at radius 3 is 2.64 bits per heavy atom. The Labute approximate surface area is 215 Å². The number of sulfonamides is 1. The van der Waals surface area contributed by atoms with Crippen LogP contribution in [0.15, 0.2) is 41.3 Å². The third-order valence-corrected chi connectivity index (χ3v) is 8.73. The first kappa shape index (κ1) is 26.5. The molecule has 7 nitrogen and oxygen atoms in total. The van der Waals surface area contributed by atoms with Gasteiger partial charge in [0, 0.05) is 28.2 Å². The summed E-state index contributed by atoms with van der Waals surface area (Å²) in [5, 5.41) is -0.282. The van der Waals surface area contributed by atoms with Crippen LogP contribution in [0, 0.1) is 6.92 Å². The molecule has 2 heterocycles. The summed E-state index contributed by atoms with van der Waals surface area (Å²) in [6.07, 6.45) is -3.84. The second-order valence-electron chi connectivity index (χ2n) is 8.26. The molecular formula is C23H20Cl2F3N3O4S. The van der Waals surface area contributed by atoms with Crippen molar-refractivity contribution >= 4 is 50.0 Å². The second kappa shape index (κ2) is 9.70. The number of nitrogens with zero attached hydrogens (tertiary/aromatic N) is 2. The highest BCUT2D eigenvalue weighted by Crippen LogP contribution is 2.39. The molecule has 0 spiro atoms. The van der Waals surface area contributed by atoms with Crippen molar-refractivity contribution in [2.75, 3.05) is 6.54 Å². The summed E-state index contributed by atoms with van der Waals surface area (Å²) in [5.41, 5.74) is 4.75. The van der Waals surface area contributed by atoms with Gasteiger partial charge in [-0.3, -0.25) is 4.79 Å². The highest BCUT2D eigenvalue weighted by atomic mass is 35.5. The van der Waals surface area contributed by atoms with E-state index in [9.17, 15) is 26.4 Å². The average molecular weight is 562 g/mol. The molecule has 36 heavy (non-hydrogen) atoms. The van der Waals surface area contributed by atoms with Gasteiger partial charge >= 0.3 is 6.18 Å². The zero-order valence-electron chi connectivity index (χ0n) is 18.8. The van der Waals surface area contributed by atoms with Crippen molar-refractivity contribution < 1.29 is 31.1 Å². The Kier molecular flexibility index (Phi) is 7.13. The standard InChI is InChI=1S/C23H20Cl2F3N3O4S/c1-12-10-15(23(26,27)28)13-4-2-6-18(21(13)30-12)35-11-14-16(24)7-8-19(20(14)25)36(33,34)31-9-3-5-17(31)22(29)32/h2,4,6-8,10,17H,3,5,9,11H2,1H3,(H2,29,32)/t17-/m0/s1. The topological polar surface area (TPSA) is 103 Å². The van der Waals surface area contributed by atoms with E-state index in [4.69, 9.17) is 33.7 Å². The monoisotopic (exact) mass is 561 g/mol. The summed E-state index contributed by atoms with van der Waals surface area (Å²) < 4.78 is 74.0. The van der Waals surface area contributed by atoms with Gasteiger partial charge in [-0.05, 0) is 44.0 Å². The molecule has 2 aromatic carbocycles. The molecular weight excluding hydrogens is 542 g/mol. The number of nitrogens with two attached hydrogens (primary N) is 1. The zero-order chi connectivity index (χ0) is 26.4. The van der Waals surface area contributed by atoms with Gasteiger partial charge in [-0.1, -0.05) is 35.3 Å². The Morgan fingerprint density at radius 1 is 1.25 bits per heavy atom. The molecule has 1 fully saturated rings. The molecule has 2 N–H and O–H groups in total. The third-order valence-electron chi connectivity index (χ3n) is 5.88. The lowest BCUT2D eigenvalue weighted by Gasteiger charge is -2.23. The first-order valence-electron chi connectivity index (χ1n) is 10.7.